The lowest BCUT2D eigenvalue weighted by molar-refractivity contribution is 0.102. The largest absolute Gasteiger partial charge is 0.398 e. The molecule has 0 saturated heterocycles. The van der Waals surface area contributed by atoms with E-state index in [-0.39, 0.29) is 5.91 Å². The van der Waals surface area contributed by atoms with Crippen LogP contribution in [0.4, 0.5) is 11.4 Å². The summed E-state index contributed by atoms with van der Waals surface area (Å²) in [4.78, 5) is 12.3. The summed E-state index contributed by atoms with van der Waals surface area (Å²) < 4.78 is 1.65. The predicted molar refractivity (Wildman–Crippen MR) is 90.1 cm³/mol. The first-order chi connectivity index (χ1) is 9.38. The monoisotopic (exact) mass is 396 g/mol. The highest BCUT2D eigenvalue weighted by Crippen LogP contribution is 2.28. The number of halogens is 2. The van der Waals surface area contributed by atoms with Gasteiger partial charge in [0.15, 0.2) is 0 Å². The van der Waals surface area contributed by atoms with Crippen LogP contribution in [0.5, 0.6) is 0 Å². The number of benzene rings is 2. The summed E-state index contributed by atoms with van der Waals surface area (Å²) in [6, 6.07) is 9.14. The Balaban J connectivity index is 2.30. The van der Waals surface area contributed by atoms with Crippen LogP contribution in [0, 0.1) is 13.8 Å². The number of carbonyl (C=O) groups is 1. The Morgan fingerprint density at radius 3 is 2.40 bits per heavy atom. The van der Waals surface area contributed by atoms with Crippen LogP contribution in [0.1, 0.15) is 21.5 Å². The molecule has 0 aliphatic rings. The molecule has 2 rings (SSSR count). The van der Waals surface area contributed by atoms with Gasteiger partial charge in [0, 0.05) is 20.2 Å². The minimum atomic E-state index is -0.183. The number of amides is 1. The van der Waals surface area contributed by atoms with Crippen molar-refractivity contribution in [3.63, 3.8) is 0 Å². The number of anilines is 2. The molecule has 1 amide bonds. The molecular formula is C15H14Br2N2O. The maximum absolute atomic E-state index is 12.3. The molecule has 3 N–H and O–H groups in total. The zero-order valence-corrected chi connectivity index (χ0v) is 14.3. The number of hydrogen-bond acceptors (Lipinski definition) is 2. The molecule has 104 valence electrons. The number of hydrogen-bond donors (Lipinski definition) is 2. The number of nitrogens with two attached hydrogens (primary N) is 1. The van der Waals surface area contributed by atoms with Gasteiger partial charge >= 0.3 is 0 Å². The Bertz CT molecular complexity index is 661. The van der Waals surface area contributed by atoms with Crippen molar-refractivity contribution in [3.8, 4) is 0 Å². The number of nitrogens with one attached hydrogen (secondary N) is 1. The molecule has 2 aromatic carbocycles. The lowest BCUT2D eigenvalue weighted by Crippen LogP contribution is -2.13. The maximum atomic E-state index is 12.3. The van der Waals surface area contributed by atoms with Crippen LogP contribution in [-0.4, -0.2) is 5.91 Å². The number of rotatable bonds is 2. The highest BCUT2D eigenvalue weighted by atomic mass is 79.9. The third-order valence-electron chi connectivity index (χ3n) is 2.93. The van der Waals surface area contributed by atoms with Crippen LogP contribution in [0.15, 0.2) is 39.3 Å². The van der Waals surface area contributed by atoms with Gasteiger partial charge in [0.25, 0.3) is 5.91 Å². The van der Waals surface area contributed by atoms with Crippen LogP contribution in [0.2, 0.25) is 0 Å². The fourth-order valence-electron chi connectivity index (χ4n) is 1.94. The molecule has 20 heavy (non-hydrogen) atoms. The summed E-state index contributed by atoms with van der Waals surface area (Å²) in [5.74, 6) is -0.183. The molecule has 0 heterocycles. The first-order valence-electron chi connectivity index (χ1n) is 6.01. The minimum absolute atomic E-state index is 0.183. The molecule has 0 saturated carbocycles. The average molecular weight is 398 g/mol. The van der Waals surface area contributed by atoms with Gasteiger partial charge < -0.3 is 11.1 Å². The Hall–Kier alpha value is -1.33. The van der Waals surface area contributed by atoms with Gasteiger partial charge in [-0.05, 0) is 81.1 Å². The summed E-state index contributed by atoms with van der Waals surface area (Å²) in [5.41, 5.74) is 9.79. The quantitative estimate of drug-likeness (QED) is 0.723. The van der Waals surface area contributed by atoms with E-state index in [4.69, 9.17) is 5.73 Å². The molecule has 0 aliphatic heterocycles. The van der Waals surface area contributed by atoms with Crippen molar-refractivity contribution in [1.29, 1.82) is 0 Å². The summed E-state index contributed by atoms with van der Waals surface area (Å²) in [6.07, 6.45) is 0. The van der Waals surface area contributed by atoms with E-state index in [2.05, 4.69) is 37.2 Å². The minimum Gasteiger partial charge on any atom is -0.398 e. The van der Waals surface area contributed by atoms with E-state index in [0.717, 1.165) is 25.8 Å². The second-order valence-electron chi connectivity index (χ2n) is 4.63. The first-order valence-corrected chi connectivity index (χ1v) is 7.60. The van der Waals surface area contributed by atoms with Crippen LogP contribution in [-0.2, 0) is 0 Å². The lowest BCUT2D eigenvalue weighted by atomic mass is 10.1. The highest BCUT2D eigenvalue weighted by molar-refractivity contribution is 9.11. The molecule has 0 aromatic heterocycles. The molecule has 0 fully saturated rings. The summed E-state index contributed by atoms with van der Waals surface area (Å²) in [7, 11) is 0. The molecule has 0 unspecified atom stereocenters. The third kappa shape index (κ3) is 3.22. The van der Waals surface area contributed by atoms with Gasteiger partial charge in [-0.25, -0.2) is 0 Å². The van der Waals surface area contributed by atoms with Crippen molar-refractivity contribution in [2.75, 3.05) is 11.1 Å². The molecule has 0 radical (unpaired) electrons. The summed E-state index contributed by atoms with van der Waals surface area (Å²) in [5, 5.41) is 2.91. The maximum Gasteiger partial charge on any atom is 0.255 e. The van der Waals surface area contributed by atoms with Crippen molar-refractivity contribution >= 4 is 49.1 Å². The van der Waals surface area contributed by atoms with Gasteiger partial charge in [-0.2, -0.15) is 0 Å². The van der Waals surface area contributed by atoms with Crippen LogP contribution in [0.25, 0.3) is 0 Å². The third-order valence-corrected chi connectivity index (χ3v) is 4.28. The van der Waals surface area contributed by atoms with Crippen molar-refractivity contribution in [3.05, 3.63) is 56.0 Å². The van der Waals surface area contributed by atoms with Gasteiger partial charge in [0.05, 0.1) is 5.69 Å². The van der Waals surface area contributed by atoms with E-state index in [9.17, 15) is 4.79 Å². The average Bonchev–Trinajstić information content (AvgIpc) is 2.36. The second-order valence-corrected chi connectivity index (χ2v) is 6.34. The first kappa shape index (κ1) is 15.1. The molecule has 0 aliphatic carbocycles. The van der Waals surface area contributed by atoms with E-state index in [1.165, 1.54) is 0 Å². The highest BCUT2D eigenvalue weighted by Gasteiger charge is 2.12. The smallest absolute Gasteiger partial charge is 0.255 e. The SMILES string of the molecule is Cc1cc(C)c(NC(=O)c2ccc(Br)c(N)c2)c(Br)c1. The number of carbonyl (C=O) groups excluding carboxylic acids is 1. The molecule has 2 aromatic rings. The normalized spacial score (nSPS) is 10.4. The van der Waals surface area contributed by atoms with Gasteiger partial charge in [0.1, 0.15) is 0 Å². The van der Waals surface area contributed by atoms with E-state index in [1.807, 2.05) is 26.0 Å². The Kier molecular flexibility index (Phi) is 4.50. The number of aryl methyl sites for hydroxylation is 2. The lowest BCUT2D eigenvalue weighted by Gasteiger charge is -2.12. The predicted octanol–water partition coefficient (Wildman–Crippen LogP) is 4.66. The molecular weight excluding hydrogens is 384 g/mol. The molecule has 5 heteroatoms. The van der Waals surface area contributed by atoms with Crippen molar-refractivity contribution in [2.24, 2.45) is 0 Å². The number of nitrogen functional groups attached to an aromatic ring is 1. The zero-order valence-electron chi connectivity index (χ0n) is 11.1. The summed E-state index contributed by atoms with van der Waals surface area (Å²) in [6.45, 7) is 3.97. The van der Waals surface area contributed by atoms with E-state index < -0.39 is 0 Å². The molecule has 0 atom stereocenters. The second kappa shape index (κ2) is 5.97. The van der Waals surface area contributed by atoms with Crippen molar-refractivity contribution in [2.45, 2.75) is 13.8 Å². The van der Waals surface area contributed by atoms with Gasteiger partial charge in [0.2, 0.25) is 0 Å². The molecule has 0 bridgehead atoms. The van der Waals surface area contributed by atoms with Crippen molar-refractivity contribution < 1.29 is 4.79 Å². The van der Waals surface area contributed by atoms with Crippen LogP contribution < -0.4 is 11.1 Å². The Morgan fingerprint density at radius 2 is 1.80 bits per heavy atom. The standard InChI is InChI=1S/C15H14Br2N2O/c1-8-5-9(2)14(12(17)6-8)19-15(20)10-3-4-11(16)13(18)7-10/h3-7H,18H2,1-2H3,(H,19,20). The van der Waals surface area contributed by atoms with E-state index in [0.29, 0.717) is 11.3 Å². The van der Waals surface area contributed by atoms with E-state index in [1.54, 1.807) is 18.2 Å². The van der Waals surface area contributed by atoms with Gasteiger partial charge in [-0.15, -0.1) is 0 Å². The van der Waals surface area contributed by atoms with Gasteiger partial charge in [-0.3, -0.25) is 4.79 Å². The fraction of sp³-hybridized carbons (Fsp3) is 0.133. The van der Waals surface area contributed by atoms with Crippen LogP contribution >= 0.6 is 31.9 Å². The Morgan fingerprint density at radius 1 is 1.10 bits per heavy atom. The fourth-order valence-corrected chi connectivity index (χ4v) is 2.96. The topological polar surface area (TPSA) is 55.1 Å². The van der Waals surface area contributed by atoms with Crippen molar-refractivity contribution in [1.82, 2.24) is 0 Å². The molecule has 3 nitrogen and oxygen atoms in total. The van der Waals surface area contributed by atoms with Gasteiger partial charge in [-0.1, -0.05) is 6.07 Å². The Labute approximate surface area is 134 Å². The van der Waals surface area contributed by atoms with Crippen LogP contribution in [0.3, 0.4) is 0 Å². The molecule has 0 spiro atoms. The zero-order chi connectivity index (χ0) is 14.9. The summed E-state index contributed by atoms with van der Waals surface area (Å²) >= 11 is 6.79. The van der Waals surface area contributed by atoms with E-state index >= 15 is 0 Å².